The predicted molar refractivity (Wildman–Crippen MR) is 110 cm³/mol. The van der Waals surface area contributed by atoms with E-state index in [-0.39, 0.29) is 6.79 Å². The Morgan fingerprint density at radius 2 is 1.82 bits per heavy atom. The molecule has 0 radical (unpaired) electrons. The van der Waals surface area contributed by atoms with Crippen LogP contribution in [0.2, 0.25) is 0 Å². The summed E-state index contributed by atoms with van der Waals surface area (Å²) in [6.45, 7) is 0.260. The highest BCUT2D eigenvalue weighted by atomic mass is 32.1. The SMILES string of the molecule is COc1ccc(-c2cc3ncnc(N(C)c4ccc5c(c4)OCO5)c3s2)cc1. The quantitative estimate of drug-likeness (QED) is 0.495. The van der Waals surface area contributed by atoms with Gasteiger partial charge in [0.25, 0.3) is 0 Å². The Bertz CT molecular complexity index is 1160. The summed E-state index contributed by atoms with van der Waals surface area (Å²) < 4.78 is 17.2. The Morgan fingerprint density at radius 1 is 1.00 bits per heavy atom. The Hall–Kier alpha value is -3.32. The fourth-order valence-corrected chi connectivity index (χ4v) is 4.34. The molecule has 0 amide bonds. The highest BCUT2D eigenvalue weighted by molar-refractivity contribution is 7.22. The number of methoxy groups -OCH3 is 1. The van der Waals surface area contributed by atoms with E-state index in [1.165, 1.54) is 0 Å². The molecule has 0 N–H and O–H groups in total. The fourth-order valence-electron chi connectivity index (χ4n) is 3.19. The van der Waals surface area contributed by atoms with E-state index in [0.29, 0.717) is 0 Å². The average Bonchev–Trinajstić information content (AvgIpc) is 3.39. The first-order valence-electron chi connectivity index (χ1n) is 8.75. The van der Waals surface area contributed by atoms with Crippen molar-refractivity contribution in [2.24, 2.45) is 0 Å². The molecule has 0 atom stereocenters. The first-order chi connectivity index (χ1) is 13.7. The van der Waals surface area contributed by atoms with Crippen LogP contribution in [0.15, 0.2) is 54.9 Å². The standard InChI is InChI=1S/C21H17N3O3S/c1-24(14-5-8-17-18(9-14)27-12-26-17)21-20-16(22-11-23-21)10-19(28-20)13-3-6-15(25-2)7-4-13/h3-11H,12H2,1-2H3. The van der Waals surface area contributed by atoms with E-state index >= 15 is 0 Å². The first-order valence-corrected chi connectivity index (χ1v) is 9.57. The zero-order valence-corrected chi connectivity index (χ0v) is 16.2. The molecule has 6 nitrogen and oxygen atoms in total. The number of aromatic nitrogens is 2. The molecule has 0 fully saturated rings. The number of benzene rings is 2. The van der Waals surface area contributed by atoms with E-state index < -0.39 is 0 Å². The van der Waals surface area contributed by atoms with Crippen LogP contribution in [0.1, 0.15) is 0 Å². The summed E-state index contributed by atoms with van der Waals surface area (Å²) >= 11 is 1.68. The highest BCUT2D eigenvalue weighted by Gasteiger charge is 2.18. The number of ether oxygens (including phenoxy) is 3. The van der Waals surface area contributed by atoms with Gasteiger partial charge in [-0.15, -0.1) is 11.3 Å². The van der Waals surface area contributed by atoms with E-state index in [4.69, 9.17) is 14.2 Å². The zero-order valence-electron chi connectivity index (χ0n) is 15.4. The van der Waals surface area contributed by atoms with Gasteiger partial charge in [0.1, 0.15) is 12.1 Å². The molecule has 140 valence electrons. The third kappa shape index (κ3) is 2.80. The van der Waals surface area contributed by atoms with Crippen LogP contribution in [0.25, 0.3) is 20.7 Å². The monoisotopic (exact) mass is 391 g/mol. The second-order valence-corrected chi connectivity index (χ2v) is 7.40. The van der Waals surface area contributed by atoms with Crippen molar-refractivity contribution >= 4 is 33.1 Å². The van der Waals surface area contributed by atoms with Crippen LogP contribution in [-0.4, -0.2) is 30.9 Å². The fraction of sp³-hybridized carbons (Fsp3) is 0.143. The maximum absolute atomic E-state index is 5.50. The maximum atomic E-state index is 5.50. The van der Waals surface area contributed by atoms with Crippen molar-refractivity contribution in [1.82, 2.24) is 9.97 Å². The molecule has 2 aromatic carbocycles. The molecule has 0 saturated carbocycles. The van der Waals surface area contributed by atoms with E-state index in [0.717, 1.165) is 49.4 Å². The van der Waals surface area contributed by atoms with Crippen LogP contribution in [0, 0.1) is 0 Å². The number of rotatable bonds is 4. The molecule has 4 aromatic rings. The van der Waals surface area contributed by atoms with E-state index in [9.17, 15) is 0 Å². The van der Waals surface area contributed by atoms with E-state index in [1.54, 1.807) is 24.8 Å². The van der Waals surface area contributed by atoms with Crippen molar-refractivity contribution in [1.29, 1.82) is 0 Å². The van der Waals surface area contributed by atoms with Gasteiger partial charge < -0.3 is 19.1 Å². The minimum absolute atomic E-state index is 0.260. The van der Waals surface area contributed by atoms with E-state index in [1.807, 2.05) is 42.3 Å². The molecule has 5 rings (SSSR count). The van der Waals surface area contributed by atoms with Gasteiger partial charge in [0.05, 0.1) is 17.3 Å². The third-order valence-electron chi connectivity index (χ3n) is 4.73. The van der Waals surface area contributed by atoms with Crippen molar-refractivity contribution in [3.05, 3.63) is 54.9 Å². The zero-order chi connectivity index (χ0) is 19.1. The number of anilines is 2. The Kier molecular flexibility index (Phi) is 4.02. The largest absolute Gasteiger partial charge is 0.497 e. The molecule has 1 aliphatic heterocycles. The molecule has 0 unspecified atom stereocenters. The van der Waals surface area contributed by atoms with Crippen LogP contribution >= 0.6 is 11.3 Å². The molecule has 7 heteroatoms. The molecule has 0 bridgehead atoms. The number of nitrogens with zero attached hydrogens (tertiary/aromatic N) is 3. The molecule has 0 spiro atoms. The molecule has 0 aliphatic carbocycles. The van der Waals surface area contributed by atoms with Crippen LogP contribution < -0.4 is 19.1 Å². The highest BCUT2D eigenvalue weighted by Crippen LogP contribution is 2.41. The van der Waals surface area contributed by atoms with Crippen molar-refractivity contribution in [2.45, 2.75) is 0 Å². The third-order valence-corrected chi connectivity index (χ3v) is 5.90. The summed E-state index contributed by atoms with van der Waals surface area (Å²) in [5.41, 5.74) is 3.03. The molecule has 2 aromatic heterocycles. The Morgan fingerprint density at radius 3 is 2.64 bits per heavy atom. The van der Waals surface area contributed by atoms with Crippen molar-refractivity contribution in [2.75, 3.05) is 25.9 Å². The second-order valence-electron chi connectivity index (χ2n) is 6.35. The predicted octanol–water partition coefficient (Wildman–Crippen LogP) is 4.86. The van der Waals surface area contributed by atoms with E-state index in [2.05, 4.69) is 28.2 Å². The minimum atomic E-state index is 0.260. The lowest BCUT2D eigenvalue weighted by Gasteiger charge is -2.19. The summed E-state index contributed by atoms with van der Waals surface area (Å²) in [6, 6.07) is 16.0. The van der Waals surface area contributed by atoms with Crippen molar-refractivity contribution in [3.8, 4) is 27.7 Å². The van der Waals surface area contributed by atoms with Gasteiger partial charge in [0.15, 0.2) is 17.3 Å². The molecular weight excluding hydrogens is 374 g/mol. The van der Waals surface area contributed by atoms with Gasteiger partial charge >= 0.3 is 0 Å². The van der Waals surface area contributed by atoms with Gasteiger partial charge in [0.2, 0.25) is 6.79 Å². The number of fused-ring (bicyclic) bond motifs is 2. The summed E-state index contributed by atoms with van der Waals surface area (Å²) in [6.07, 6.45) is 1.60. The maximum Gasteiger partial charge on any atom is 0.231 e. The number of hydrogen-bond donors (Lipinski definition) is 0. The minimum Gasteiger partial charge on any atom is -0.497 e. The Labute approximate surface area is 165 Å². The number of hydrogen-bond acceptors (Lipinski definition) is 7. The normalized spacial score (nSPS) is 12.4. The van der Waals surface area contributed by atoms with Crippen molar-refractivity contribution in [3.63, 3.8) is 0 Å². The van der Waals surface area contributed by atoms with Gasteiger partial charge in [-0.3, -0.25) is 0 Å². The first kappa shape index (κ1) is 16.8. The van der Waals surface area contributed by atoms with Gasteiger partial charge in [-0.1, -0.05) is 0 Å². The van der Waals surface area contributed by atoms with Crippen molar-refractivity contribution < 1.29 is 14.2 Å². The van der Waals surface area contributed by atoms with Gasteiger partial charge in [0, 0.05) is 23.7 Å². The summed E-state index contributed by atoms with van der Waals surface area (Å²) in [5, 5.41) is 0. The van der Waals surface area contributed by atoms with Crippen LogP contribution in [-0.2, 0) is 0 Å². The lowest BCUT2D eigenvalue weighted by atomic mass is 10.2. The average molecular weight is 391 g/mol. The summed E-state index contributed by atoms with van der Waals surface area (Å²) in [4.78, 5) is 12.2. The molecular formula is C21H17N3O3S. The van der Waals surface area contributed by atoms with Gasteiger partial charge in [-0.2, -0.15) is 0 Å². The van der Waals surface area contributed by atoms with Gasteiger partial charge in [-0.05, 0) is 48.0 Å². The van der Waals surface area contributed by atoms with Gasteiger partial charge in [-0.25, -0.2) is 9.97 Å². The summed E-state index contributed by atoms with van der Waals surface area (Å²) in [5.74, 6) is 3.21. The molecule has 3 heterocycles. The molecule has 0 saturated heterocycles. The lowest BCUT2D eigenvalue weighted by Crippen LogP contribution is -2.11. The smallest absolute Gasteiger partial charge is 0.231 e. The summed E-state index contributed by atoms with van der Waals surface area (Å²) in [7, 11) is 3.66. The second kappa shape index (κ2) is 6.69. The molecule has 1 aliphatic rings. The van der Waals surface area contributed by atoms with Crippen LogP contribution in [0.3, 0.4) is 0 Å². The number of thiophene rings is 1. The van der Waals surface area contributed by atoms with Crippen LogP contribution in [0.4, 0.5) is 11.5 Å². The topological polar surface area (TPSA) is 56.7 Å². The molecule has 28 heavy (non-hydrogen) atoms. The Balaban J connectivity index is 1.55. The lowest BCUT2D eigenvalue weighted by molar-refractivity contribution is 0.174. The van der Waals surface area contributed by atoms with Crippen LogP contribution in [0.5, 0.6) is 17.2 Å².